The summed E-state index contributed by atoms with van der Waals surface area (Å²) in [4.78, 5) is 29.9. The molecule has 22 heavy (non-hydrogen) atoms. The quantitative estimate of drug-likeness (QED) is 0.862. The van der Waals surface area contributed by atoms with Crippen LogP contribution in [0.15, 0.2) is 18.3 Å². The molecule has 2 heterocycles. The van der Waals surface area contributed by atoms with Crippen LogP contribution in [-0.2, 0) is 9.59 Å². The molecule has 1 aromatic rings. The van der Waals surface area contributed by atoms with Gasteiger partial charge in [0.05, 0.1) is 0 Å². The molecule has 0 spiro atoms. The smallest absolute Gasteiger partial charge is 0.266 e. The Kier molecular flexibility index (Phi) is 4.56. The van der Waals surface area contributed by atoms with E-state index in [1.165, 1.54) is 17.7 Å². The number of nitrogens with one attached hydrogen (secondary N) is 1. The van der Waals surface area contributed by atoms with E-state index in [4.69, 9.17) is 4.74 Å². The van der Waals surface area contributed by atoms with Crippen LogP contribution in [0, 0.1) is 0 Å². The van der Waals surface area contributed by atoms with Crippen molar-refractivity contribution in [2.24, 2.45) is 0 Å². The molecule has 3 rings (SSSR count). The Balaban J connectivity index is 1.64. The molecule has 0 saturated heterocycles. The molecule has 0 unspecified atom stereocenters. The van der Waals surface area contributed by atoms with E-state index in [9.17, 15) is 9.59 Å². The molecule has 6 nitrogen and oxygen atoms in total. The minimum Gasteiger partial charge on any atom is -0.480 e. The van der Waals surface area contributed by atoms with Crippen molar-refractivity contribution in [1.29, 1.82) is 0 Å². The van der Waals surface area contributed by atoms with E-state index in [2.05, 4.69) is 10.3 Å². The number of anilines is 1. The first kappa shape index (κ1) is 14.8. The van der Waals surface area contributed by atoms with Crippen LogP contribution in [0.5, 0.6) is 5.75 Å². The summed E-state index contributed by atoms with van der Waals surface area (Å²) >= 11 is 0. The van der Waals surface area contributed by atoms with Gasteiger partial charge in [-0.3, -0.25) is 14.5 Å². The molecule has 0 bridgehead atoms. The zero-order valence-electron chi connectivity index (χ0n) is 12.6. The number of carbonyl (C=O) groups is 2. The lowest BCUT2D eigenvalue weighted by Gasteiger charge is -2.28. The highest BCUT2D eigenvalue weighted by atomic mass is 16.5. The average Bonchev–Trinajstić information content (AvgIpc) is 2.79. The molecule has 1 aromatic heterocycles. The second-order valence-electron chi connectivity index (χ2n) is 5.85. The zero-order valence-corrected chi connectivity index (χ0v) is 12.6. The molecule has 118 valence electrons. The number of ether oxygens (including phenoxy) is 1. The monoisotopic (exact) mass is 303 g/mol. The second-order valence-corrected chi connectivity index (χ2v) is 5.85. The number of amides is 2. The van der Waals surface area contributed by atoms with Crippen molar-refractivity contribution in [2.45, 2.75) is 44.6 Å². The Morgan fingerprint density at radius 2 is 2.09 bits per heavy atom. The molecular formula is C16H21N3O3. The number of aromatic nitrogens is 1. The van der Waals surface area contributed by atoms with Crippen molar-refractivity contribution >= 4 is 17.6 Å². The van der Waals surface area contributed by atoms with Gasteiger partial charge >= 0.3 is 0 Å². The fourth-order valence-corrected chi connectivity index (χ4v) is 3.04. The molecule has 1 saturated carbocycles. The maximum Gasteiger partial charge on any atom is 0.266 e. The lowest BCUT2D eigenvalue weighted by molar-refractivity contribution is -0.125. The molecule has 1 aliphatic heterocycles. The fraction of sp³-hybridized carbons (Fsp3) is 0.562. The Labute approximate surface area is 129 Å². The first-order valence-electron chi connectivity index (χ1n) is 7.91. The van der Waals surface area contributed by atoms with Crippen LogP contribution in [0.4, 0.5) is 5.82 Å². The summed E-state index contributed by atoms with van der Waals surface area (Å²) in [6.45, 7) is -0.0435. The SMILES string of the molecule is O=C(CN1C(=O)COc2cccnc21)NC1CCCCCC1. The summed E-state index contributed by atoms with van der Waals surface area (Å²) in [6.07, 6.45) is 8.45. The highest BCUT2D eigenvalue weighted by Gasteiger charge is 2.28. The predicted molar refractivity (Wildman–Crippen MR) is 81.7 cm³/mol. The Hall–Kier alpha value is -2.11. The molecule has 6 heteroatoms. The highest BCUT2D eigenvalue weighted by Crippen LogP contribution is 2.28. The third-order valence-electron chi connectivity index (χ3n) is 4.18. The van der Waals surface area contributed by atoms with Crippen molar-refractivity contribution in [3.8, 4) is 5.75 Å². The topological polar surface area (TPSA) is 71.5 Å². The molecule has 2 amide bonds. The standard InChI is InChI=1S/C16H21N3O3/c20-14(18-12-6-3-1-2-4-7-12)10-19-15(21)11-22-13-8-5-9-17-16(13)19/h5,8-9,12H,1-4,6-7,10-11H2,(H,18,20). The maximum absolute atomic E-state index is 12.3. The van der Waals surface area contributed by atoms with Crippen molar-refractivity contribution in [2.75, 3.05) is 18.1 Å². The van der Waals surface area contributed by atoms with E-state index in [-0.39, 0.29) is 31.0 Å². The van der Waals surface area contributed by atoms with Gasteiger partial charge in [0.1, 0.15) is 6.54 Å². The van der Waals surface area contributed by atoms with Gasteiger partial charge in [0.15, 0.2) is 18.2 Å². The molecule has 0 radical (unpaired) electrons. The summed E-state index contributed by atoms with van der Waals surface area (Å²) in [5.74, 6) is 0.611. The summed E-state index contributed by atoms with van der Waals surface area (Å²) in [7, 11) is 0. The number of hydrogen-bond donors (Lipinski definition) is 1. The molecule has 1 fully saturated rings. The first-order valence-corrected chi connectivity index (χ1v) is 7.91. The van der Waals surface area contributed by atoms with Crippen molar-refractivity contribution in [3.05, 3.63) is 18.3 Å². The Morgan fingerprint density at radius 3 is 2.86 bits per heavy atom. The van der Waals surface area contributed by atoms with E-state index in [0.29, 0.717) is 11.6 Å². The number of hydrogen-bond acceptors (Lipinski definition) is 4. The summed E-state index contributed by atoms with van der Waals surface area (Å²) < 4.78 is 5.33. The van der Waals surface area contributed by atoms with Gasteiger partial charge in [-0.25, -0.2) is 4.98 Å². The van der Waals surface area contributed by atoms with E-state index in [1.807, 2.05) is 0 Å². The molecule has 0 atom stereocenters. The van der Waals surface area contributed by atoms with Gasteiger partial charge in [-0.1, -0.05) is 25.7 Å². The second kappa shape index (κ2) is 6.77. The van der Waals surface area contributed by atoms with Gasteiger partial charge < -0.3 is 10.1 Å². The first-order chi connectivity index (χ1) is 10.7. The number of fused-ring (bicyclic) bond motifs is 1. The maximum atomic E-state index is 12.3. The molecule has 1 N–H and O–H groups in total. The normalized spacial score (nSPS) is 19.1. The Morgan fingerprint density at radius 1 is 1.32 bits per heavy atom. The molecular weight excluding hydrogens is 282 g/mol. The van der Waals surface area contributed by atoms with Crippen LogP contribution in [0.1, 0.15) is 38.5 Å². The largest absolute Gasteiger partial charge is 0.480 e. The number of nitrogens with zero attached hydrogens (tertiary/aromatic N) is 2. The van der Waals surface area contributed by atoms with E-state index in [0.717, 1.165) is 25.7 Å². The van der Waals surface area contributed by atoms with E-state index >= 15 is 0 Å². The van der Waals surface area contributed by atoms with Gasteiger partial charge in [0.2, 0.25) is 5.91 Å². The number of rotatable bonds is 3. The fourth-order valence-electron chi connectivity index (χ4n) is 3.04. The summed E-state index contributed by atoms with van der Waals surface area (Å²) in [6, 6.07) is 3.73. The highest BCUT2D eigenvalue weighted by molar-refractivity contribution is 6.01. The molecule has 0 aromatic carbocycles. The Bertz CT molecular complexity index is 553. The minimum atomic E-state index is -0.234. The van der Waals surface area contributed by atoms with Gasteiger partial charge in [-0.15, -0.1) is 0 Å². The lowest BCUT2D eigenvalue weighted by Crippen LogP contribution is -2.47. The lowest BCUT2D eigenvalue weighted by atomic mass is 10.1. The van der Waals surface area contributed by atoms with Crippen LogP contribution in [0.3, 0.4) is 0 Å². The van der Waals surface area contributed by atoms with E-state index in [1.54, 1.807) is 18.3 Å². The van der Waals surface area contributed by atoms with Crippen LogP contribution in [0.25, 0.3) is 0 Å². The molecule has 2 aliphatic rings. The van der Waals surface area contributed by atoms with Gasteiger partial charge in [-0.2, -0.15) is 0 Å². The minimum absolute atomic E-state index is 0.00269. The number of carbonyl (C=O) groups excluding carboxylic acids is 2. The van der Waals surface area contributed by atoms with Gasteiger partial charge in [-0.05, 0) is 25.0 Å². The predicted octanol–water partition coefficient (Wildman–Crippen LogP) is 1.65. The van der Waals surface area contributed by atoms with Crippen LogP contribution in [-0.4, -0.2) is 36.0 Å². The van der Waals surface area contributed by atoms with Gasteiger partial charge in [0, 0.05) is 12.2 Å². The van der Waals surface area contributed by atoms with Crippen LogP contribution < -0.4 is 15.0 Å². The van der Waals surface area contributed by atoms with Crippen molar-refractivity contribution < 1.29 is 14.3 Å². The van der Waals surface area contributed by atoms with Crippen LogP contribution in [0.2, 0.25) is 0 Å². The number of pyridine rings is 1. The molecule has 1 aliphatic carbocycles. The van der Waals surface area contributed by atoms with E-state index < -0.39 is 0 Å². The van der Waals surface area contributed by atoms with Crippen LogP contribution >= 0.6 is 0 Å². The van der Waals surface area contributed by atoms with Gasteiger partial charge in [0.25, 0.3) is 5.91 Å². The zero-order chi connectivity index (χ0) is 15.4. The summed E-state index contributed by atoms with van der Waals surface area (Å²) in [5, 5.41) is 3.06. The van der Waals surface area contributed by atoms with Crippen molar-refractivity contribution in [1.82, 2.24) is 10.3 Å². The summed E-state index contributed by atoms with van der Waals surface area (Å²) in [5.41, 5.74) is 0. The van der Waals surface area contributed by atoms with Crippen molar-refractivity contribution in [3.63, 3.8) is 0 Å². The average molecular weight is 303 g/mol. The third-order valence-corrected chi connectivity index (χ3v) is 4.18. The third kappa shape index (κ3) is 3.37.